The second-order valence-electron chi connectivity index (χ2n) is 2.92. The molecule has 0 aliphatic rings. The van der Waals surface area contributed by atoms with Crippen LogP contribution in [0.1, 0.15) is 27.7 Å². The van der Waals surface area contributed by atoms with Gasteiger partial charge >= 0.3 is 0 Å². The molecule has 0 unspecified atom stereocenters. The van der Waals surface area contributed by atoms with Crippen molar-refractivity contribution in [3.05, 3.63) is 18.2 Å². The van der Waals surface area contributed by atoms with Crippen LogP contribution in [0.25, 0.3) is 0 Å². The number of hydrogen-bond donors (Lipinski definition) is 2. The Hall–Kier alpha value is -1.38. The molecule has 0 aromatic heterocycles. The van der Waals surface area contributed by atoms with Gasteiger partial charge in [0.05, 0.1) is 5.69 Å². The van der Waals surface area contributed by atoms with Gasteiger partial charge in [-0.2, -0.15) is 0 Å². The third-order valence-electron chi connectivity index (χ3n) is 2.14. The van der Waals surface area contributed by atoms with Gasteiger partial charge in [0.25, 0.3) is 0 Å². The van der Waals surface area contributed by atoms with Crippen molar-refractivity contribution in [2.75, 3.05) is 23.7 Å². The van der Waals surface area contributed by atoms with Crippen LogP contribution >= 0.6 is 0 Å². The first kappa shape index (κ1) is 13.6. The fourth-order valence-corrected chi connectivity index (χ4v) is 1.32. The van der Waals surface area contributed by atoms with Crippen LogP contribution in [-0.4, -0.2) is 18.2 Å². The Kier molecular flexibility index (Phi) is 6.34. The summed E-state index contributed by atoms with van der Waals surface area (Å²) >= 11 is 0. The molecule has 0 amide bonds. The Bertz CT molecular complexity index is 283. The van der Waals surface area contributed by atoms with Gasteiger partial charge in [0.1, 0.15) is 5.75 Å². The zero-order valence-electron chi connectivity index (χ0n) is 10.1. The highest BCUT2D eigenvalue weighted by Crippen LogP contribution is 2.25. The lowest BCUT2D eigenvalue weighted by molar-refractivity contribution is 0.478. The summed E-state index contributed by atoms with van der Waals surface area (Å²) in [5, 5.41) is 9.39. The minimum Gasteiger partial charge on any atom is -0.506 e. The number of nitrogens with zero attached hydrogens (tertiary/aromatic N) is 1. The molecule has 0 heterocycles. The first-order valence-electron chi connectivity index (χ1n) is 5.52. The average molecular weight is 210 g/mol. The molecule has 0 radical (unpaired) electrons. The zero-order chi connectivity index (χ0) is 11.8. The number of anilines is 2. The lowest BCUT2D eigenvalue weighted by Gasteiger charge is -2.21. The van der Waals surface area contributed by atoms with E-state index in [0.29, 0.717) is 5.69 Å². The molecule has 15 heavy (non-hydrogen) atoms. The number of benzene rings is 1. The molecule has 0 saturated carbocycles. The van der Waals surface area contributed by atoms with E-state index in [1.165, 1.54) is 0 Å². The number of nitrogen functional groups attached to an aromatic ring is 1. The van der Waals surface area contributed by atoms with Gasteiger partial charge in [0.15, 0.2) is 0 Å². The first-order valence-corrected chi connectivity index (χ1v) is 5.52. The molecule has 0 saturated heterocycles. The van der Waals surface area contributed by atoms with E-state index in [1.807, 2.05) is 19.9 Å². The van der Waals surface area contributed by atoms with Gasteiger partial charge in [-0.15, -0.1) is 0 Å². The van der Waals surface area contributed by atoms with Crippen LogP contribution in [-0.2, 0) is 0 Å². The summed E-state index contributed by atoms with van der Waals surface area (Å²) in [6.07, 6.45) is 0. The molecular formula is C12H22N2O. The Labute approximate surface area is 92.5 Å². The maximum Gasteiger partial charge on any atom is 0.140 e. The third-order valence-corrected chi connectivity index (χ3v) is 2.14. The van der Waals surface area contributed by atoms with Crippen molar-refractivity contribution < 1.29 is 5.11 Å². The van der Waals surface area contributed by atoms with Crippen molar-refractivity contribution in [1.82, 2.24) is 0 Å². The summed E-state index contributed by atoms with van der Waals surface area (Å²) in [7, 11) is 0. The Morgan fingerprint density at radius 2 is 1.73 bits per heavy atom. The van der Waals surface area contributed by atoms with E-state index in [-0.39, 0.29) is 5.75 Å². The van der Waals surface area contributed by atoms with Crippen LogP contribution < -0.4 is 10.6 Å². The molecule has 0 fully saturated rings. The van der Waals surface area contributed by atoms with E-state index < -0.39 is 0 Å². The van der Waals surface area contributed by atoms with Gasteiger partial charge in [0, 0.05) is 24.8 Å². The topological polar surface area (TPSA) is 49.5 Å². The number of nitrogens with two attached hydrogens (primary N) is 1. The highest BCUT2D eigenvalue weighted by Gasteiger charge is 2.03. The molecule has 0 atom stereocenters. The Morgan fingerprint density at radius 1 is 1.20 bits per heavy atom. The Balaban J connectivity index is 0.000000921. The van der Waals surface area contributed by atoms with Crippen molar-refractivity contribution in [2.24, 2.45) is 0 Å². The van der Waals surface area contributed by atoms with Gasteiger partial charge in [-0.3, -0.25) is 0 Å². The minimum absolute atomic E-state index is 0.157. The second-order valence-corrected chi connectivity index (χ2v) is 2.92. The maximum absolute atomic E-state index is 9.39. The van der Waals surface area contributed by atoms with E-state index in [4.69, 9.17) is 5.73 Å². The standard InChI is InChI=1S/C10H16N2O.C2H6/c1-3-12(4-2)8-5-6-9(11)10(13)7-8;1-2/h5-7,13H,3-4,11H2,1-2H3;1-2H3. The molecule has 1 rings (SSSR count). The largest absolute Gasteiger partial charge is 0.506 e. The van der Waals surface area contributed by atoms with Crippen LogP contribution in [0.4, 0.5) is 11.4 Å². The molecule has 1 aromatic carbocycles. The average Bonchev–Trinajstić information content (AvgIpc) is 2.28. The lowest BCUT2D eigenvalue weighted by atomic mass is 10.2. The van der Waals surface area contributed by atoms with Crippen molar-refractivity contribution in [3.63, 3.8) is 0 Å². The summed E-state index contributed by atoms with van der Waals surface area (Å²) in [5.74, 6) is 0.157. The van der Waals surface area contributed by atoms with E-state index in [1.54, 1.807) is 12.1 Å². The predicted molar refractivity (Wildman–Crippen MR) is 67.4 cm³/mol. The van der Waals surface area contributed by atoms with Gasteiger partial charge in [-0.1, -0.05) is 13.8 Å². The van der Waals surface area contributed by atoms with Crippen molar-refractivity contribution >= 4 is 11.4 Å². The number of rotatable bonds is 3. The van der Waals surface area contributed by atoms with Crippen molar-refractivity contribution in [2.45, 2.75) is 27.7 Å². The predicted octanol–water partition coefficient (Wildman–Crippen LogP) is 2.85. The Morgan fingerprint density at radius 3 is 2.13 bits per heavy atom. The fourth-order valence-electron chi connectivity index (χ4n) is 1.32. The zero-order valence-corrected chi connectivity index (χ0v) is 10.1. The quantitative estimate of drug-likeness (QED) is 0.595. The first-order chi connectivity index (χ1) is 7.19. The molecule has 0 bridgehead atoms. The van der Waals surface area contributed by atoms with E-state index in [9.17, 15) is 5.11 Å². The highest BCUT2D eigenvalue weighted by molar-refractivity contribution is 5.61. The van der Waals surface area contributed by atoms with Crippen LogP contribution in [0.5, 0.6) is 5.75 Å². The molecule has 0 aliphatic carbocycles. The molecule has 3 heteroatoms. The SMILES string of the molecule is CC.CCN(CC)c1ccc(N)c(O)c1. The smallest absolute Gasteiger partial charge is 0.140 e. The molecular weight excluding hydrogens is 188 g/mol. The summed E-state index contributed by atoms with van der Waals surface area (Å²) in [4.78, 5) is 2.15. The van der Waals surface area contributed by atoms with Gasteiger partial charge < -0.3 is 15.7 Å². The summed E-state index contributed by atoms with van der Waals surface area (Å²) in [6, 6.07) is 5.34. The monoisotopic (exact) mass is 210 g/mol. The summed E-state index contributed by atoms with van der Waals surface area (Å²) in [6.45, 7) is 10.0. The van der Waals surface area contributed by atoms with Crippen molar-refractivity contribution in [3.8, 4) is 5.75 Å². The van der Waals surface area contributed by atoms with E-state index in [0.717, 1.165) is 18.8 Å². The van der Waals surface area contributed by atoms with Crippen LogP contribution in [0.15, 0.2) is 18.2 Å². The highest BCUT2D eigenvalue weighted by atomic mass is 16.3. The van der Waals surface area contributed by atoms with Crippen LogP contribution in [0, 0.1) is 0 Å². The normalized spacial score (nSPS) is 9.07. The summed E-state index contributed by atoms with van der Waals surface area (Å²) < 4.78 is 0. The van der Waals surface area contributed by atoms with Crippen LogP contribution in [0.2, 0.25) is 0 Å². The number of phenols is 1. The second kappa shape index (κ2) is 6.98. The molecule has 1 aromatic rings. The molecule has 0 spiro atoms. The van der Waals surface area contributed by atoms with E-state index in [2.05, 4.69) is 18.7 Å². The summed E-state index contributed by atoms with van der Waals surface area (Å²) in [5.41, 5.74) is 6.94. The van der Waals surface area contributed by atoms with Gasteiger partial charge in [-0.25, -0.2) is 0 Å². The fraction of sp³-hybridized carbons (Fsp3) is 0.500. The maximum atomic E-state index is 9.39. The third kappa shape index (κ3) is 3.70. The molecule has 3 N–H and O–H groups in total. The minimum atomic E-state index is 0.157. The number of phenolic OH excluding ortho intramolecular Hbond substituents is 1. The van der Waals surface area contributed by atoms with E-state index >= 15 is 0 Å². The molecule has 86 valence electrons. The van der Waals surface area contributed by atoms with Crippen LogP contribution in [0.3, 0.4) is 0 Å². The van der Waals surface area contributed by atoms with Gasteiger partial charge in [-0.05, 0) is 26.0 Å². The van der Waals surface area contributed by atoms with Crippen molar-refractivity contribution in [1.29, 1.82) is 0 Å². The number of hydrogen-bond acceptors (Lipinski definition) is 3. The molecule has 3 nitrogen and oxygen atoms in total. The molecule has 0 aliphatic heterocycles. The van der Waals surface area contributed by atoms with Gasteiger partial charge in [0.2, 0.25) is 0 Å². The lowest BCUT2D eigenvalue weighted by Crippen LogP contribution is -2.21. The number of aromatic hydroxyl groups is 1.